The van der Waals surface area contributed by atoms with Crippen LogP contribution in [0.3, 0.4) is 0 Å². The van der Waals surface area contributed by atoms with Crippen molar-refractivity contribution in [2.75, 3.05) is 26.7 Å². The fourth-order valence-corrected chi connectivity index (χ4v) is 2.80. The topological polar surface area (TPSA) is 33.1 Å². The number of piperidine rings is 1. The Morgan fingerprint density at radius 1 is 1.39 bits per heavy atom. The molecule has 2 heterocycles. The number of nitrogens with zero attached hydrogens (tertiary/aromatic N) is 3. The van der Waals surface area contributed by atoms with Gasteiger partial charge in [0.15, 0.2) is 0 Å². The number of hydrogen-bond donors (Lipinski definition) is 1. The quantitative estimate of drug-likeness (QED) is 0.866. The zero-order chi connectivity index (χ0) is 13.0. The molecule has 1 fully saturated rings. The van der Waals surface area contributed by atoms with Crippen LogP contribution in [-0.4, -0.2) is 41.4 Å². The number of likely N-dealkylation sites (tertiary alicyclic amines) is 1. The van der Waals surface area contributed by atoms with Gasteiger partial charge in [-0.2, -0.15) is 5.10 Å². The van der Waals surface area contributed by atoms with Crippen molar-refractivity contribution in [3.8, 4) is 0 Å². The van der Waals surface area contributed by atoms with Crippen LogP contribution in [0.15, 0.2) is 12.3 Å². The lowest BCUT2D eigenvalue weighted by molar-refractivity contribution is 0.172. The summed E-state index contributed by atoms with van der Waals surface area (Å²) in [4.78, 5) is 2.56. The highest BCUT2D eigenvalue weighted by Crippen LogP contribution is 2.19. The van der Waals surface area contributed by atoms with Gasteiger partial charge in [-0.05, 0) is 65.4 Å². The van der Waals surface area contributed by atoms with Crippen molar-refractivity contribution < 1.29 is 0 Å². The Balaban J connectivity index is 1.86. The van der Waals surface area contributed by atoms with Gasteiger partial charge in [0.05, 0.1) is 5.69 Å². The molecule has 1 saturated heterocycles. The molecule has 0 aliphatic carbocycles. The summed E-state index contributed by atoms with van der Waals surface area (Å²) in [5.74, 6) is 0.862. The monoisotopic (exact) mass is 250 g/mol. The largest absolute Gasteiger partial charge is 0.319 e. The molecule has 0 saturated carbocycles. The van der Waals surface area contributed by atoms with Crippen molar-refractivity contribution in [1.29, 1.82) is 0 Å². The average Bonchev–Trinajstić information content (AvgIpc) is 2.80. The predicted molar refractivity (Wildman–Crippen MR) is 74.5 cm³/mol. The molecule has 1 N–H and O–H groups in total. The van der Waals surface area contributed by atoms with E-state index in [1.54, 1.807) is 0 Å². The van der Waals surface area contributed by atoms with Crippen molar-refractivity contribution in [3.05, 3.63) is 18.0 Å². The molecule has 18 heavy (non-hydrogen) atoms. The van der Waals surface area contributed by atoms with Gasteiger partial charge >= 0.3 is 0 Å². The summed E-state index contributed by atoms with van der Waals surface area (Å²) < 4.78 is 2.14. The van der Waals surface area contributed by atoms with Gasteiger partial charge in [-0.3, -0.25) is 9.58 Å². The van der Waals surface area contributed by atoms with E-state index < -0.39 is 0 Å². The fourth-order valence-electron chi connectivity index (χ4n) is 2.80. The third kappa shape index (κ3) is 3.33. The average molecular weight is 250 g/mol. The molecule has 0 amide bonds. The van der Waals surface area contributed by atoms with Gasteiger partial charge < -0.3 is 5.32 Å². The first-order valence-corrected chi connectivity index (χ1v) is 7.10. The molecule has 1 aromatic heterocycles. The molecule has 4 heteroatoms. The van der Waals surface area contributed by atoms with E-state index in [1.165, 1.54) is 31.6 Å². The summed E-state index contributed by atoms with van der Waals surface area (Å²) in [6.07, 6.45) is 4.55. The molecule has 1 aromatic rings. The molecule has 0 radical (unpaired) electrons. The lowest BCUT2D eigenvalue weighted by Crippen LogP contribution is -2.36. The Bertz CT molecular complexity index is 350. The maximum absolute atomic E-state index is 4.41. The van der Waals surface area contributed by atoms with E-state index in [1.807, 2.05) is 13.2 Å². The summed E-state index contributed by atoms with van der Waals surface area (Å²) in [6.45, 7) is 9.03. The minimum absolute atomic E-state index is 0.455. The zero-order valence-electron chi connectivity index (χ0n) is 11.9. The molecule has 1 aliphatic heterocycles. The molecule has 0 spiro atoms. The molecule has 1 aliphatic rings. The maximum atomic E-state index is 4.41. The van der Waals surface area contributed by atoms with Crippen LogP contribution in [0.1, 0.15) is 38.4 Å². The van der Waals surface area contributed by atoms with E-state index in [2.05, 4.69) is 39.9 Å². The van der Waals surface area contributed by atoms with E-state index in [0.29, 0.717) is 6.04 Å². The predicted octanol–water partition coefficient (Wildman–Crippen LogP) is 1.90. The van der Waals surface area contributed by atoms with Crippen LogP contribution >= 0.6 is 0 Å². The molecule has 0 bridgehead atoms. The summed E-state index contributed by atoms with van der Waals surface area (Å²) in [5, 5.41) is 7.69. The molecular weight excluding hydrogens is 224 g/mol. The number of nitrogens with one attached hydrogen (secondary N) is 1. The minimum Gasteiger partial charge on any atom is -0.319 e. The van der Waals surface area contributed by atoms with Crippen molar-refractivity contribution in [2.24, 2.45) is 5.92 Å². The lowest BCUT2D eigenvalue weighted by atomic mass is 9.97. The normalized spacial score (nSPS) is 18.7. The zero-order valence-corrected chi connectivity index (χ0v) is 11.9. The fraction of sp³-hybridized carbons (Fsp3) is 0.786. The van der Waals surface area contributed by atoms with Crippen molar-refractivity contribution in [2.45, 2.75) is 39.3 Å². The number of aromatic nitrogens is 2. The van der Waals surface area contributed by atoms with Gasteiger partial charge in [-0.25, -0.2) is 0 Å². The summed E-state index contributed by atoms with van der Waals surface area (Å²) in [5.41, 5.74) is 1.34. The van der Waals surface area contributed by atoms with Gasteiger partial charge in [-0.15, -0.1) is 0 Å². The van der Waals surface area contributed by atoms with Crippen LogP contribution in [0.25, 0.3) is 0 Å². The second-order valence-electron chi connectivity index (χ2n) is 5.64. The van der Waals surface area contributed by atoms with Crippen LogP contribution in [0, 0.1) is 5.92 Å². The SMILES string of the molecule is CNCC1CCN(Cc2ccnn2C(C)C)CC1. The maximum Gasteiger partial charge on any atom is 0.0527 e. The highest BCUT2D eigenvalue weighted by atomic mass is 15.3. The van der Waals surface area contributed by atoms with Gasteiger partial charge in [0, 0.05) is 18.8 Å². The third-order valence-electron chi connectivity index (χ3n) is 3.83. The first kappa shape index (κ1) is 13.6. The first-order valence-electron chi connectivity index (χ1n) is 7.10. The molecule has 0 unspecified atom stereocenters. The summed E-state index contributed by atoms with van der Waals surface area (Å²) >= 11 is 0. The van der Waals surface area contributed by atoms with Crippen molar-refractivity contribution >= 4 is 0 Å². The van der Waals surface area contributed by atoms with Crippen molar-refractivity contribution in [1.82, 2.24) is 20.0 Å². The Kier molecular flexibility index (Phi) is 4.78. The molecule has 4 nitrogen and oxygen atoms in total. The van der Waals surface area contributed by atoms with E-state index in [0.717, 1.165) is 19.0 Å². The van der Waals surface area contributed by atoms with Crippen LogP contribution in [0.5, 0.6) is 0 Å². The second kappa shape index (κ2) is 6.34. The van der Waals surface area contributed by atoms with E-state index in [-0.39, 0.29) is 0 Å². The van der Waals surface area contributed by atoms with Gasteiger partial charge in [0.2, 0.25) is 0 Å². The minimum atomic E-state index is 0.455. The summed E-state index contributed by atoms with van der Waals surface area (Å²) in [6, 6.07) is 2.61. The Morgan fingerprint density at radius 3 is 2.72 bits per heavy atom. The second-order valence-corrected chi connectivity index (χ2v) is 5.64. The summed E-state index contributed by atoms with van der Waals surface area (Å²) in [7, 11) is 2.05. The van der Waals surface area contributed by atoms with E-state index >= 15 is 0 Å². The molecular formula is C14H26N4. The molecule has 0 atom stereocenters. The first-order chi connectivity index (χ1) is 8.70. The van der Waals surface area contributed by atoms with Gasteiger partial charge in [-0.1, -0.05) is 0 Å². The Morgan fingerprint density at radius 2 is 2.11 bits per heavy atom. The van der Waals surface area contributed by atoms with Crippen LogP contribution in [-0.2, 0) is 6.54 Å². The Hall–Kier alpha value is -0.870. The van der Waals surface area contributed by atoms with Gasteiger partial charge in [0.1, 0.15) is 0 Å². The molecule has 0 aromatic carbocycles. The third-order valence-corrected chi connectivity index (χ3v) is 3.83. The number of rotatable bonds is 5. The van der Waals surface area contributed by atoms with Crippen LogP contribution < -0.4 is 5.32 Å². The highest BCUT2D eigenvalue weighted by molar-refractivity contribution is 5.01. The Labute approximate surface area is 110 Å². The molecule has 102 valence electrons. The standard InChI is InChI=1S/C14H26N4/c1-12(2)18-14(4-7-16-18)11-17-8-5-13(6-9-17)10-15-3/h4,7,12-13,15H,5-6,8-11H2,1-3H3. The smallest absolute Gasteiger partial charge is 0.0527 e. The van der Waals surface area contributed by atoms with Crippen LogP contribution in [0.4, 0.5) is 0 Å². The van der Waals surface area contributed by atoms with Crippen molar-refractivity contribution in [3.63, 3.8) is 0 Å². The van der Waals surface area contributed by atoms with E-state index in [4.69, 9.17) is 0 Å². The number of hydrogen-bond acceptors (Lipinski definition) is 3. The van der Waals surface area contributed by atoms with Crippen LogP contribution in [0.2, 0.25) is 0 Å². The molecule has 2 rings (SSSR count). The highest BCUT2D eigenvalue weighted by Gasteiger charge is 2.19. The van der Waals surface area contributed by atoms with Gasteiger partial charge in [0.25, 0.3) is 0 Å². The van der Waals surface area contributed by atoms with E-state index in [9.17, 15) is 0 Å². The lowest BCUT2D eigenvalue weighted by Gasteiger charge is -2.32.